The molecule has 1 aliphatic rings. The van der Waals surface area contributed by atoms with Gasteiger partial charge in [0.25, 0.3) is 0 Å². The Bertz CT molecular complexity index is 1130. The minimum atomic E-state index is -0.0473. The first-order valence-corrected chi connectivity index (χ1v) is 10.2. The van der Waals surface area contributed by atoms with E-state index in [9.17, 15) is 4.79 Å². The molecule has 1 N–H and O–H groups in total. The van der Waals surface area contributed by atoms with Crippen LogP contribution in [0.25, 0.3) is 17.0 Å². The Balaban J connectivity index is 1.20. The average molecular weight is 406 g/mol. The summed E-state index contributed by atoms with van der Waals surface area (Å²) in [4.78, 5) is 19.3. The summed E-state index contributed by atoms with van der Waals surface area (Å²) in [6, 6.07) is 13.6. The van der Waals surface area contributed by atoms with Crippen LogP contribution < -0.4 is 10.2 Å². The molecule has 0 saturated carbocycles. The lowest BCUT2D eigenvalue weighted by Gasteiger charge is -2.31. The van der Waals surface area contributed by atoms with Gasteiger partial charge >= 0.3 is 0 Å². The number of anilines is 2. The molecule has 1 saturated heterocycles. The number of nitrogens with zero attached hydrogens (tertiary/aromatic N) is 7. The summed E-state index contributed by atoms with van der Waals surface area (Å²) in [6.07, 6.45) is 3.11. The van der Waals surface area contributed by atoms with Gasteiger partial charge in [-0.1, -0.05) is 30.3 Å². The molecule has 5 rings (SSSR count). The van der Waals surface area contributed by atoms with E-state index >= 15 is 0 Å². The summed E-state index contributed by atoms with van der Waals surface area (Å²) < 4.78 is 6.00. The van der Waals surface area contributed by atoms with Crippen LogP contribution in [0.3, 0.4) is 0 Å². The summed E-state index contributed by atoms with van der Waals surface area (Å²) in [7, 11) is 0. The van der Waals surface area contributed by atoms with Crippen LogP contribution in [0.5, 0.6) is 0 Å². The molecule has 9 nitrogen and oxygen atoms in total. The highest BCUT2D eigenvalue weighted by Crippen LogP contribution is 2.25. The number of hydrogen-bond donors (Lipinski definition) is 1. The zero-order chi connectivity index (χ0) is 19.6. The lowest BCUT2D eigenvalue weighted by Crippen LogP contribution is -2.38. The molecule has 0 radical (unpaired) electrons. The second-order valence-corrected chi connectivity index (χ2v) is 7.62. The van der Waals surface area contributed by atoms with E-state index in [1.54, 1.807) is 10.8 Å². The Morgan fingerprint density at radius 2 is 1.93 bits per heavy atom. The predicted octanol–water partition coefficient (Wildman–Crippen LogP) is 2.50. The Hall–Kier alpha value is -3.40. The van der Waals surface area contributed by atoms with E-state index in [0.717, 1.165) is 43.0 Å². The number of fused-ring (bicyclic) bond motifs is 1. The molecule has 1 fully saturated rings. The van der Waals surface area contributed by atoms with E-state index < -0.39 is 0 Å². The van der Waals surface area contributed by atoms with E-state index in [-0.39, 0.29) is 11.8 Å². The van der Waals surface area contributed by atoms with Gasteiger partial charge in [-0.2, -0.15) is 13.9 Å². The van der Waals surface area contributed by atoms with Gasteiger partial charge in [0, 0.05) is 36.1 Å². The third-order valence-electron chi connectivity index (χ3n) is 5.03. The molecule has 0 aliphatic carbocycles. The van der Waals surface area contributed by atoms with Crippen molar-refractivity contribution < 1.29 is 4.79 Å². The second-order valence-electron chi connectivity index (χ2n) is 6.86. The van der Waals surface area contributed by atoms with Gasteiger partial charge in [-0.05, 0) is 25.0 Å². The van der Waals surface area contributed by atoms with Crippen molar-refractivity contribution in [2.24, 2.45) is 5.92 Å². The number of carbonyl (C=O) groups excluding carboxylic acids is 1. The van der Waals surface area contributed by atoms with Gasteiger partial charge < -0.3 is 10.2 Å². The summed E-state index contributed by atoms with van der Waals surface area (Å²) >= 11 is 1.21. The summed E-state index contributed by atoms with van der Waals surface area (Å²) in [5.41, 5.74) is 1.66. The molecule has 1 aromatic carbocycles. The molecule has 1 aliphatic heterocycles. The maximum atomic E-state index is 12.7. The molecule has 146 valence electrons. The quantitative estimate of drug-likeness (QED) is 0.556. The van der Waals surface area contributed by atoms with Crippen molar-refractivity contribution >= 4 is 34.0 Å². The van der Waals surface area contributed by atoms with Crippen molar-refractivity contribution in [3.05, 3.63) is 48.8 Å². The van der Waals surface area contributed by atoms with Crippen molar-refractivity contribution in [2.45, 2.75) is 12.8 Å². The van der Waals surface area contributed by atoms with Crippen LogP contribution in [0.2, 0.25) is 0 Å². The Morgan fingerprint density at radius 3 is 2.76 bits per heavy atom. The smallest absolute Gasteiger partial charge is 0.229 e. The number of hydrogen-bond acceptors (Lipinski definition) is 8. The van der Waals surface area contributed by atoms with Crippen LogP contribution in [0.15, 0.2) is 48.8 Å². The Morgan fingerprint density at radius 1 is 1.10 bits per heavy atom. The standard InChI is InChI=1S/C19H18N8OS/c28-18(22-19-21-17(25-29-19)13-4-2-1-3-5-13)14-8-10-26(11-9-14)16-7-6-15-23-20-12-27(15)24-16/h1-7,12,14H,8-11H2,(H,21,22,25,28). The maximum Gasteiger partial charge on any atom is 0.229 e. The molecule has 3 aromatic heterocycles. The van der Waals surface area contributed by atoms with Crippen molar-refractivity contribution in [1.82, 2.24) is 29.2 Å². The first-order valence-electron chi connectivity index (χ1n) is 9.38. The molecule has 0 atom stereocenters. The number of amides is 1. The van der Waals surface area contributed by atoms with E-state index in [0.29, 0.717) is 11.0 Å². The zero-order valence-corrected chi connectivity index (χ0v) is 16.3. The molecule has 1 amide bonds. The fourth-order valence-corrected chi connectivity index (χ4v) is 4.04. The highest BCUT2D eigenvalue weighted by molar-refractivity contribution is 7.10. The topological polar surface area (TPSA) is 101 Å². The zero-order valence-electron chi connectivity index (χ0n) is 15.5. The largest absolute Gasteiger partial charge is 0.355 e. The molecule has 10 heteroatoms. The lowest BCUT2D eigenvalue weighted by atomic mass is 9.96. The molecular formula is C19H18N8OS. The van der Waals surface area contributed by atoms with E-state index in [1.165, 1.54) is 11.5 Å². The summed E-state index contributed by atoms with van der Waals surface area (Å²) in [5.74, 6) is 1.46. The van der Waals surface area contributed by atoms with Gasteiger partial charge in [0.15, 0.2) is 11.5 Å². The number of piperidine rings is 1. The van der Waals surface area contributed by atoms with Crippen molar-refractivity contribution in [3.63, 3.8) is 0 Å². The molecule has 4 aromatic rings. The fraction of sp³-hybridized carbons (Fsp3) is 0.263. The highest BCUT2D eigenvalue weighted by atomic mass is 32.1. The van der Waals surface area contributed by atoms with Gasteiger partial charge in [-0.3, -0.25) is 4.79 Å². The number of carbonyl (C=O) groups is 1. The van der Waals surface area contributed by atoms with Gasteiger partial charge in [0.05, 0.1) is 0 Å². The molecular weight excluding hydrogens is 388 g/mol. The van der Waals surface area contributed by atoms with E-state index in [4.69, 9.17) is 0 Å². The number of nitrogens with one attached hydrogen (secondary N) is 1. The first-order chi connectivity index (χ1) is 14.3. The minimum Gasteiger partial charge on any atom is -0.355 e. The van der Waals surface area contributed by atoms with Crippen LogP contribution >= 0.6 is 11.5 Å². The van der Waals surface area contributed by atoms with Crippen molar-refractivity contribution in [3.8, 4) is 11.4 Å². The van der Waals surface area contributed by atoms with Crippen LogP contribution in [0.1, 0.15) is 12.8 Å². The number of rotatable bonds is 4. The van der Waals surface area contributed by atoms with Crippen LogP contribution in [-0.4, -0.2) is 48.2 Å². The van der Waals surface area contributed by atoms with Gasteiger partial charge in [-0.25, -0.2) is 0 Å². The molecule has 0 bridgehead atoms. The highest BCUT2D eigenvalue weighted by Gasteiger charge is 2.26. The maximum absolute atomic E-state index is 12.7. The lowest BCUT2D eigenvalue weighted by molar-refractivity contribution is -0.120. The number of aromatic nitrogens is 6. The number of benzene rings is 1. The average Bonchev–Trinajstić information content (AvgIpc) is 3.43. The van der Waals surface area contributed by atoms with Gasteiger partial charge in [0.2, 0.25) is 11.0 Å². The summed E-state index contributed by atoms with van der Waals surface area (Å²) in [6.45, 7) is 1.54. The SMILES string of the molecule is O=C(Nc1nc(-c2ccccc2)ns1)C1CCN(c2ccc3nncn3n2)CC1. The second kappa shape index (κ2) is 7.55. The minimum absolute atomic E-state index is 0.00244. The Kier molecular flexibility index (Phi) is 4.60. The molecule has 29 heavy (non-hydrogen) atoms. The van der Waals surface area contributed by atoms with Crippen LogP contribution in [0, 0.1) is 5.92 Å². The molecule has 0 unspecified atom stereocenters. The normalized spacial score (nSPS) is 15.0. The van der Waals surface area contributed by atoms with Crippen molar-refractivity contribution in [2.75, 3.05) is 23.3 Å². The van der Waals surface area contributed by atoms with E-state index in [1.807, 2.05) is 42.5 Å². The third-order valence-corrected chi connectivity index (χ3v) is 5.66. The van der Waals surface area contributed by atoms with Gasteiger partial charge in [-0.15, -0.1) is 15.3 Å². The van der Waals surface area contributed by atoms with Crippen molar-refractivity contribution in [1.29, 1.82) is 0 Å². The third kappa shape index (κ3) is 3.66. The summed E-state index contributed by atoms with van der Waals surface area (Å²) in [5, 5.41) is 15.8. The fourth-order valence-electron chi connectivity index (χ4n) is 3.44. The monoisotopic (exact) mass is 406 g/mol. The van der Waals surface area contributed by atoms with Crippen LogP contribution in [-0.2, 0) is 4.79 Å². The van der Waals surface area contributed by atoms with E-state index in [2.05, 4.69) is 34.9 Å². The predicted molar refractivity (Wildman–Crippen MR) is 110 cm³/mol. The Labute approximate surface area is 170 Å². The first kappa shape index (κ1) is 17.7. The molecule has 4 heterocycles. The van der Waals surface area contributed by atoms with Gasteiger partial charge in [0.1, 0.15) is 12.1 Å². The van der Waals surface area contributed by atoms with Crippen LogP contribution in [0.4, 0.5) is 10.9 Å². The molecule has 0 spiro atoms.